The molecule has 1 heterocycles. The first-order chi connectivity index (χ1) is 13.5. The largest absolute Gasteiger partial charge is 0.454 e. The Bertz CT molecular complexity index is 808. The first-order valence-electron chi connectivity index (χ1n) is 9.86. The smallest absolute Gasteiger partial charge is 0.243 e. The summed E-state index contributed by atoms with van der Waals surface area (Å²) >= 11 is 0. The number of carbonyl (C=O) groups is 1. The van der Waals surface area contributed by atoms with Crippen LogP contribution < -0.4 is 20.1 Å². The lowest BCUT2D eigenvalue weighted by molar-refractivity contribution is -0.120. The van der Waals surface area contributed by atoms with Gasteiger partial charge in [0.25, 0.3) is 0 Å². The topological polar surface area (TPSA) is 97.0 Å². The third-order valence-electron chi connectivity index (χ3n) is 4.62. The first-order valence-corrected chi connectivity index (χ1v) is 11.3. The molecule has 0 aliphatic carbocycles. The molecule has 1 aliphatic rings. The highest BCUT2D eigenvalue weighted by atomic mass is 32.2. The summed E-state index contributed by atoms with van der Waals surface area (Å²) in [6.07, 6.45) is 0.660. The Morgan fingerprint density at radius 3 is 2.59 bits per heavy atom. The number of carbonyl (C=O) groups excluding carboxylic acids is 1. The lowest BCUT2D eigenvalue weighted by Crippen LogP contribution is -2.42. The number of nitrogens with zero attached hydrogens (tertiary/aromatic N) is 1. The van der Waals surface area contributed by atoms with Gasteiger partial charge in [-0.3, -0.25) is 4.79 Å². The molecule has 0 unspecified atom stereocenters. The minimum atomic E-state index is -3.70. The number of hydrogen-bond acceptors (Lipinski definition) is 6. The van der Waals surface area contributed by atoms with Crippen LogP contribution in [0.1, 0.15) is 34.1 Å². The van der Waals surface area contributed by atoms with Gasteiger partial charge in [0.15, 0.2) is 11.5 Å². The van der Waals surface area contributed by atoms with Crippen LogP contribution in [0.15, 0.2) is 23.1 Å². The highest BCUT2D eigenvalue weighted by molar-refractivity contribution is 7.89. The van der Waals surface area contributed by atoms with Crippen LogP contribution >= 0.6 is 0 Å². The highest BCUT2D eigenvalue weighted by Crippen LogP contribution is 2.35. The van der Waals surface area contributed by atoms with Crippen LogP contribution in [0.3, 0.4) is 0 Å². The standard InChI is InChI=1S/C20H33N3O5S/c1-15(2)12-23(13-20(3,4)8-9-22-19(24)11-21-5)29(25,26)16-6-7-17-18(10-16)28-14-27-17/h6-7,10,15,21H,8-9,11-14H2,1-5H3,(H,22,24). The van der Waals surface area contributed by atoms with Crippen molar-refractivity contribution in [3.63, 3.8) is 0 Å². The van der Waals surface area contributed by atoms with E-state index in [1.165, 1.54) is 10.4 Å². The summed E-state index contributed by atoms with van der Waals surface area (Å²) in [5.41, 5.74) is -0.314. The van der Waals surface area contributed by atoms with E-state index in [4.69, 9.17) is 9.47 Å². The number of nitrogens with one attached hydrogen (secondary N) is 2. The second kappa shape index (κ2) is 9.77. The molecule has 0 atom stereocenters. The van der Waals surface area contributed by atoms with Gasteiger partial charge in [0, 0.05) is 25.7 Å². The van der Waals surface area contributed by atoms with Gasteiger partial charge in [-0.2, -0.15) is 4.31 Å². The summed E-state index contributed by atoms with van der Waals surface area (Å²) in [6.45, 7) is 9.63. The predicted molar refractivity (Wildman–Crippen MR) is 111 cm³/mol. The van der Waals surface area contributed by atoms with Crippen molar-refractivity contribution < 1.29 is 22.7 Å². The van der Waals surface area contributed by atoms with Crippen molar-refractivity contribution in [3.8, 4) is 11.5 Å². The summed E-state index contributed by atoms with van der Waals surface area (Å²) in [5, 5.41) is 5.66. The quantitative estimate of drug-likeness (QED) is 0.559. The molecule has 0 bridgehead atoms. The van der Waals surface area contributed by atoms with Crippen molar-refractivity contribution in [2.75, 3.05) is 40.0 Å². The maximum absolute atomic E-state index is 13.4. The van der Waals surface area contributed by atoms with Gasteiger partial charge in [-0.15, -0.1) is 0 Å². The Morgan fingerprint density at radius 2 is 1.93 bits per heavy atom. The first kappa shape index (κ1) is 23.4. The van der Waals surface area contributed by atoms with Gasteiger partial charge < -0.3 is 20.1 Å². The lowest BCUT2D eigenvalue weighted by Gasteiger charge is -2.33. The van der Waals surface area contributed by atoms with Crippen molar-refractivity contribution in [2.24, 2.45) is 11.3 Å². The zero-order valence-electron chi connectivity index (χ0n) is 17.9. The van der Waals surface area contributed by atoms with E-state index in [0.717, 1.165) is 0 Å². The van der Waals surface area contributed by atoms with Crippen molar-refractivity contribution in [2.45, 2.75) is 39.0 Å². The molecule has 2 N–H and O–H groups in total. The monoisotopic (exact) mass is 427 g/mol. The number of rotatable bonds is 11. The maximum atomic E-state index is 13.4. The number of likely N-dealkylation sites (N-methyl/N-ethyl adjacent to an activating group) is 1. The van der Waals surface area contributed by atoms with Gasteiger partial charge in [-0.1, -0.05) is 27.7 Å². The average Bonchev–Trinajstić information content (AvgIpc) is 3.08. The molecule has 1 amide bonds. The molecule has 1 aliphatic heterocycles. The van der Waals surface area contributed by atoms with Gasteiger partial charge in [0.05, 0.1) is 11.4 Å². The molecule has 164 valence electrons. The van der Waals surface area contributed by atoms with Crippen LogP contribution in [0.2, 0.25) is 0 Å². The molecule has 0 saturated carbocycles. The summed E-state index contributed by atoms with van der Waals surface area (Å²) in [5.74, 6) is 1.10. The molecule has 0 aromatic heterocycles. The Balaban J connectivity index is 2.14. The van der Waals surface area contributed by atoms with Gasteiger partial charge >= 0.3 is 0 Å². The minimum absolute atomic E-state index is 0.0738. The van der Waals surface area contributed by atoms with E-state index in [0.29, 0.717) is 37.6 Å². The van der Waals surface area contributed by atoms with Crippen molar-refractivity contribution in [1.82, 2.24) is 14.9 Å². The van der Waals surface area contributed by atoms with Crippen molar-refractivity contribution in [3.05, 3.63) is 18.2 Å². The van der Waals surface area contributed by atoms with Crippen LogP contribution in [0.25, 0.3) is 0 Å². The fourth-order valence-electron chi connectivity index (χ4n) is 3.16. The van der Waals surface area contributed by atoms with E-state index in [1.807, 2.05) is 27.7 Å². The summed E-state index contributed by atoms with van der Waals surface area (Å²) < 4.78 is 38.9. The summed E-state index contributed by atoms with van der Waals surface area (Å²) in [7, 11) is -1.98. The van der Waals surface area contributed by atoms with Crippen LogP contribution in [0.4, 0.5) is 0 Å². The molecule has 0 spiro atoms. The van der Waals surface area contributed by atoms with Gasteiger partial charge in [0.1, 0.15) is 0 Å². The van der Waals surface area contributed by atoms with Gasteiger partial charge in [-0.05, 0) is 36.9 Å². The predicted octanol–water partition coefficient (Wildman–Crippen LogP) is 1.81. The molecule has 1 aromatic carbocycles. The molecular weight excluding hydrogens is 394 g/mol. The normalized spacial score (nSPS) is 13.9. The van der Waals surface area contributed by atoms with E-state index < -0.39 is 10.0 Å². The second-order valence-electron chi connectivity index (χ2n) is 8.50. The third-order valence-corrected chi connectivity index (χ3v) is 6.42. The number of ether oxygens (including phenoxy) is 2. The number of benzene rings is 1. The summed E-state index contributed by atoms with van der Waals surface area (Å²) in [6, 6.07) is 4.71. The molecule has 29 heavy (non-hydrogen) atoms. The molecule has 9 heteroatoms. The number of amides is 1. The Morgan fingerprint density at radius 1 is 1.24 bits per heavy atom. The van der Waals surface area contributed by atoms with E-state index in [1.54, 1.807) is 19.2 Å². The number of fused-ring (bicyclic) bond motifs is 1. The van der Waals surface area contributed by atoms with Crippen LogP contribution in [-0.4, -0.2) is 58.6 Å². The van der Waals surface area contributed by atoms with E-state index >= 15 is 0 Å². The molecule has 0 radical (unpaired) electrons. The fourth-order valence-corrected chi connectivity index (χ4v) is 4.97. The van der Waals surface area contributed by atoms with Crippen LogP contribution in [0, 0.1) is 11.3 Å². The average molecular weight is 428 g/mol. The SMILES string of the molecule is CNCC(=O)NCCC(C)(C)CN(CC(C)C)S(=O)(=O)c1ccc2c(c1)OCO2. The fraction of sp³-hybridized carbons (Fsp3) is 0.650. The zero-order chi connectivity index (χ0) is 21.7. The maximum Gasteiger partial charge on any atom is 0.243 e. The number of hydrogen-bond donors (Lipinski definition) is 2. The van der Waals surface area contributed by atoms with E-state index in [-0.39, 0.29) is 35.5 Å². The summed E-state index contributed by atoms with van der Waals surface area (Å²) in [4.78, 5) is 11.8. The molecule has 8 nitrogen and oxygen atoms in total. The number of sulfonamides is 1. The highest BCUT2D eigenvalue weighted by Gasteiger charge is 2.32. The van der Waals surface area contributed by atoms with Crippen molar-refractivity contribution in [1.29, 1.82) is 0 Å². The van der Waals surface area contributed by atoms with Crippen LogP contribution in [-0.2, 0) is 14.8 Å². The second-order valence-corrected chi connectivity index (χ2v) is 10.4. The molecule has 0 saturated heterocycles. The van der Waals surface area contributed by atoms with E-state index in [9.17, 15) is 13.2 Å². The Labute approximate surface area is 174 Å². The zero-order valence-corrected chi connectivity index (χ0v) is 18.8. The molecular formula is C20H33N3O5S. The van der Waals surface area contributed by atoms with Gasteiger partial charge in [0.2, 0.25) is 22.7 Å². The third kappa shape index (κ3) is 6.58. The van der Waals surface area contributed by atoms with Gasteiger partial charge in [-0.25, -0.2) is 8.42 Å². The Kier molecular flexibility index (Phi) is 7.90. The molecule has 0 fully saturated rings. The van der Waals surface area contributed by atoms with Crippen LogP contribution in [0.5, 0.6) is 11.5 Å². The Hall–Kier alpha value is -1.84. The van der Waals surface area contributed by atoms with E-state index in [2.05, 4.69) is 10.6 Å². The lowest BCUT2D eigenvalue weighted by atomic mass is 9.89. The minimum Gasteiger partial charge on any atom is -0.454 e. The van der Waals surface area contributed by atoms with Crippen molar-refractivity contribution >= 4 is 15.9 Å². The molecule has 2 rings (SSSR count). The molecule has 1 aromatic rings.